The first-order valence-corrected chi connectivity index (χ1v) is 11.4. The lowest BCUT2D eigenvalue weighted by Crippen LogP contribution is -2.37. The van der Waals surface area contributed by atoms with Gasteiger partial charge in [0, 0.05) is 32.6 Å². The van der Waals surface area contributed by atoms with Gasteiger partial charge in [0.05, 0.1) is 11.0 Å². The van der Waals surface area contributed by atoms with Crippen molar-refractivity contribution in [1.82, 2.24) is 19.8 Å². The van der Waals surface area contributed by atoms with Gasteiger partial charge < -0.3 is 19.7 Å². The lowest BCUT2D eigenvalue weighted by atomic mass is 10.1. The van der Waals surface area contributed by atoms with Crippen LogP contribution in [0.2, 0.25) is 0 Å². The topological polar surface area (TPSA) is 70.5 Å². The molecule has 2 heterocycles. The number of fused-ring (bicyclic) bond motifs is 1. The number of hydrogen-bond acceptors (Lipinski definition) is 5. The molecule has 1 saturated heterocycles. The molecular weight excluding hydrogens is 378 g/mol. The van der Waals surface area contributed by atoms with E-state index in [1.54, 1.807) is 4.57 Å². The highest BCUT2D eigenvalue weighted by Gasteiger charge is 2.19. The molecule has 0 aliphatic carbocycles. The summed E-state index contributed by atoms with van der Waals surface area (Å²) in [7, 11) is 0. The third-order valence-corrected chi connectivity index (χ3v) is 5.92. The molecule has 1 aliphatic heterocycles. The molecule has 0 bridgehead atoms. The molecule has 1 aromatic carbocycles. The first-order valence-electron chi connectivity index (χ1n) is 11.4. The van der Waals surface area contributed by atoms with Crippen LogP contribution in [0.1, 0.15) is 46.0 Å². The van der Waals surface area contributed by atoms with Gasteiger partial charge in [-0.05, 0) is 57.5 Å². The number of aromatic nitrogens is 2. The van der Waals surface area contributed by atoms with Gasteiger partial charge in [-0.15, -0.1) is 0 Å². The van der Waals surface area contributed by atoms with E-state index in [9.17, 15) is 9.59 Å². The molecule has 0 spiro atoms. The van der Waals surface area contributed by atoms with Crippen LogP contribution in [0, 0.1) is 0 Å². The molecule has 0 atom stereocenters. The Morgan fingerprint density at radius 2 is 1.87 bits per heavy atom. The van der Waals surface area contributed by atoms with Crippen molar-refractivity contribution in [3.05, 3.63) is 34.6 Å². The van der Waals surface area contributed by atoms with Gasteiger partial charge in [0.15, 0.2) is 5.82 Å². The Labute approximate surface area is 179 Å². The monoisotopic (exact) mass is 413 g/mol. The van der Waals surface area contributed by atoms with E-state index in [-0.39, 0.29) is 11.5 Å². The van der Waals surface area contributed by atoms with E-state index < -0.39 is 0 Å². The van der Waals surface area contributed by atoms with Crippen molar-refractivity contribution in [2.24, 2.45) is 0 Å². The van der Waals surface area contributed by atoms with E-state index >= 15 is 0 Å². The average molecular weight is 414 g/mol. The molecule has 0 unspecified atom stereocenters. The highest BCUT2D eigenvalue weighted by molar-refractivity contribution is 5.78. The Kier molecular flexibility index (Phi) is 8.25. The van der Waals surface area contributed by atoms with Crippen LogP contribution in [0.5, 0.6) is 0 Å². The zero-order valence-electron chi connectivity index (χ0n) is 18.4. The first-order chi connectivity index (χ1) is 14.6. The number of para-hydroxylation sites is 2. The molecule has 164 valence electrons. The molecule has 1 fully saturated rings. The van der Waals surface area contributed by atoms with Crippen LogP contribution in [0.3, 0.4) is 0 Å². The fraction of sp³-hybridized carbons (Fsp3) is 0.609. The zero-order chi connectivity index (χ0) is 21.3. The number of anilines is 1. The van der Waals surface area contributed by atoms with Crippen molar-refractivity contribution in [1.29, 1.82) is 0 Å². The normalized spacial score (nSPS) is 14.4. The molecular formula is C23H35N5O2. The lowest BCUT2D eigenvalue weighted by molar-refractivity contribution is -0.121. The predicted molar refractivity (Wildman–Crippen MR) is 122 cm³/mol. The summed E-state index contributed by atoms with van der Waals surface area (Å²) < 4.78 is 1.72. The summed E-state index contributed by atoms with van der Waals surface area (Å²) >= 11 is 0. The smallest absolute Gasteiger partial charge is 0.294 e. The second-order valence-electron chi connectivity index (χ2n) is 7.91. The van der Waals surface area contributed by atoms with Gasteiger partial charge in [-0.2, -0.15) is 0 Å². The number of nitrogens with one attached hydrogen (secondary N) is 1. The molecule has 1 aromatic heterocycles. The second-order valence-corrected chi connectivity index (χ2v) is 7.91. The van der Waals surface area contributed by atoms with E-state index in [2.05, 4.69) is 33.9 Å². The van der Waals surface area contributed by atoms with Crippen molar-refractivity contribution in [2.75, 3.05) is 44.2 Å². The fourth-order valence-corrected chi connectivity index (χ4v) is 4.08. The van der Waals surface area contributed by atoms with Crippen molar-refractivity contribution >= 4 is 22.8 Å². The van der Waals surface area contributed by atoms with Gasteiger partial charge in [0.25, 0.3) is 5.56 Å². The Morgan fingerprint density at radius 1 is 1.13 bits per heavy atom. The first kappa shape index (κ1) is 22.3. The quantitative estimate of drug-likeness (QED) is 0.607. The van der Waals surface area contributed by atoms with E-state index in [1.807, 2.05) is 24.3 Å². The average Bonchev–Trinajstić information content (AvgIpc) is 2.79. The van der Waals surface area contributed by atoms with E-state index in [1.165, 1.54) is 6.42 Å². The van der Waals surface area contributed by atoms with E-state index in [0.29, 0.717) is 25.3 Å². The van der Waals surface area contributed by atoms with Crippen LogP contribution in [0.15, 0.2) is 29.1 Å². The van der Waals surface area contributed by atoms with Crippen molar-refractivity contribution in [3.63, 3.8) is 0 Å². The van der Waals surface area contributed by atoms with E-state index in [0.717, 1.165) is 63.0 Å². The Balaban J connectivity index is 1.67. The lowest BCUT2D eigenvalue weighted by Gasteiger charge is -2.27. The van der Waals surface area contributed by atoms with Crippen LogP contribution >= 0.6 is 0 Å². The zero-order valence-corrected chi connectivity index (χ0v) is 18.4. The number of rotatable bonds is 10. The molecule has 1 amide bonds. The summed E-state index contributed by atoms with van der Waals surface area (Å²) in [6.45, 7) is 10.1. The second kappa shape index (κ2) is 11.1. The number of carbonyl (C=O) groups is 1. The highest BCUT2D eigenvalue weighted by Crippen LogP contribution is 2.18. The third kappa shape index (κ3) is 5.59. The SMILES string of the molecule is CCN(CC)CCCNC(=O)CCn1c(=O)c(N2CCCCC2)nc2ccccc21. The molecule has 7 nitrogen and oxygen atoms in total. The number of amides is 1. The summed E-state index contributed by atoms with van der Waals surface area (Å²) in [5, 5.41) is 2.99. The molecule has 0 radical (unpaired) electrons. The van der Waals surface area contributed by atoms with Crippen LogP contribution in [0.25, 0.3) is 11.0 Å². The Morgan fingerprint density at radius 3 is 2.60 bits per heavy atom. The summed E-state index contributed by atoms with van der Waals surface area (Å²) in [4.78, 5) is 34.7. The summed E-state index contributed by atoms with van der Waals surface area (Å²) in [5.74, 6) is 0.509. The third-order valence-electron chi connectivity index (χ3n) is 5.92. The van der Waals surface area contributed by atoms with Gasteiger partial charge >= 0.3 is 0 Å². The molecule has 2 aromatic rings. The predicted octanol–water partition coefficient (Wildman–Crippen LogP) is 2.63. The minimum absolute atomic E-state index is 0.0122. The molecule has 30 heavy (non-hydrogen) atoms. The van der Waals surface area contributed by atoms with Crippen LogP contribution < -0.4 is 15.8 Å². The van der Waals surface area contributed by atoms with Crippen molar-refractivity contribution < 1.29 is 4.79 Å². The standard InChI is InChI=1S/C23H35N5O2/c1-3-26(4-2)15-10-14-24-21(29)13-18-28-20-12-7-6-11-19(20)25-22(23(28)30)27-16-8-5-9-17-27/h6-7,11-12H,3-5,8-10,13-18H2,1-2H3,(H,24,29). The molecule has 1 N–H and O–H groups in total. The fourth-order valence-electron chi connectivity index (χ4n) is 4.08. The molecule has 1 aliphatic rings. The molecule has 7 heteroatoms. The maximum atomic E-state index is 13.2. The van der Waals surface area contributed by atoms with Gasteiger partial charge in [-0.3, -0.25) is 9.59 Å². The number of hydrogen-bond donors (Lipinski definition) is 1. The molecule has 3 rings (SSSR count). The molecule has 0 saturated carbocycles. The minimum atomic E-state index is -0.0927. The number of benzene rings is 1. The number of nitrogens with zero attached hydrogens (tertiary/aromatic N) is 4. The van der Waals surface area contributed by atoms with Crippen LogP contribution in [-0.2, 0) is 11.3 Å². The van der Waals surface area contributed by atoms with Gasteiger partial charge in [0.1, 0.15) is 0 Å². The van der Waals surface area contributed by atoms with Crippen LogP contribution in [0.4, 0.5) is 5.82 Å². The Hall–Kier alpha value is -2.41. The van der Waals surface area contributed by atoms with Crippen LogP contribution in [-0.4, -0.2) is 59.6 Å². The number of aryl methyl sites for hydroxylation is 1. The highest BCUT2D eigenvalue weighted by atomic mass is 16.2. The van der Waals surface area contributed by atoms with E-state index in [4.69, 9.17) is 0 Å². The van der Waals surface area contributed by atoms with Gasteiger partial charge in [-0.25, -0.2) is 4.98 Å². The van der Waals surface area contributed by atoms with Crippen molar-refractivity contribution in [3.8, 4) is 0 Å². The minimum Gasteiger partial charge on any atom is -0.356 e. The number of carbonyl (C=O) groups excluding carboxylic acids is 1. The largest absolute Gasteiger partial charge is 0.356 e. The Bertz CT molecular complexity index is 885. The maximum Gasteiger partial charge on any atom is 0.294 e. The summed E-state index contributed by atoms with van der Waals surface area (Å²) in [5.41, 5.74) is 1.50. The summed E-state index contributed by atoms with van der Waals surface area (Å²) in [6.07, 6.45) is 4.60. The van der Waals surface area contributed by atoms with Gasteiger partial charge in [0.2, 0.25) is 5.91 Å². The van der Waals surface area contributed by atoms with Gasteiger partial charge in [-0.1, -0.05) is 26.0 Å². The maximum absolute atomic E-state index is 13.2. The van der Waals surface area contributed by atoms with Crippen molar-refractivity contribution in [2.45, 2.75) is 52.5 Å². The summed E-state index contributed by atoms with van der Waals surface area (Å²) in [6, 6.07) is 7.69. The number of piperidine rings is 1.